The van der Waals surface area contributed by atoms with Crippen LogP contribution in [-0.4, -0.2) is 32.5 Å². The molecule has 2 N–H and O–H groups in total. The van der Waals surface area contributed by atoms with E-state index in [2.05, 4.69) is 4.98 Å². The minimum Gasteiger partial charge on any atom is -0.358 e. The van der Waals surface area contributed by atoms with Crippen LogP contribution in [0.5, 0.6) is 0 Å². The lowest BCUT2D eigenvalue weighted by Gasteiger charge is -2.02. The Labute approximate surface area is 98.4 Å². The number of rotatable bonds is 7. The molecule has 1 heterocycles. The van der Waals surface area contributed by atoms with Crippen molar-refractivity contribution in [1.82, 2.24) is 9.55 Å². The van der Waals surface area contributed by atoms with Gasteiger partial charge in [0.1, 0.15) is 12.7 Å². The quantitative estimate of drug-likeness (QED) is 0.442. The largest absolute Gasteiger partial charge is 0.358 e. The highest BCUT2D eigenvalue weighted by Gasteiger charge is 2.16. The van der Waals surface area contributed by atoms with Gasteiger partial charge in [0.05, 0.1) is 0 Å². The zero-order chi connectivity index (χ0) is 12.0. The monoisotopic (exact) mass is 244 g/mol. The lowest BCUT2D eigenvalue weighted by molar-refractivity contribution is -0.392. The lowest BCUT2D eigenvalue weighted by atomic mass is 10.5. The first kappa shape index (κ1) is 13.0. The van der Waals surface area contributed by atoms with Crippen LogP contribution in [0.2, 0.25) is 0 Å². The van der Waals surface area contributed by atoms with Crippen molar-refractivity contribution in [3.05, 3.63) is 22.1 Å². The summed E-state index contributed by atoms with van der Waals surface area (Å²) in [4.78, 5) is 14.2. The van der Waals surface area contributed by atoms with Crippen molar-refractivity contribution in [2.24, 2.45) is 5.73 Å². The molecule has 90 valence electrons. The average molecular weight is 244 g/mol. The molecule has 0 atom stereocenters. The van der Waals surface area contributed by atoms with Crippen molar-refractivity contribution in [1.29, 1.82) is 0 Å². The molecule has 0 amide bonds. The Morgan fingerprint density at radius 2 is 2.38 bits per heavy atom. The maximum atomic E-state index is 10.7. The van der Waals surface area contributed by atoms with E-state index in [9.17, 15) is 10.1 Å². The van der Waals surface area contributed by atoms with Gasteiger partial charge in [0.2, 0.25) is 0 Å². The van der Waals surface area contributed by atoms with Crippen LogP contribution in [0, 0.1) is 17.0 Å². The third-order valence-electron chi connectivity index (χ3n) is 2.17. The van der Waals surface area contributed by atoms with Crippen LogP contribution < -0.4 is 5.73 Å². The number of aromatic nitrogens is 2. The molecule has 0 aliphatic heterocycles. The fraction of sp³-hybridized carbons (Fsp3) is 0.667. The molecule has 1 rings (SSSR count). The minimum atomic E-state index is -0.398. The zero-order valence-corrected chi connectivity index (χ0v) is 10.1. The van der Waals surface area contributed by atoms with Crippen LogP contribution in [-0.2, 0) is 6.54 Å². The van der Waals surface area contributed by atoms with Gasteiger partial charge in [0.25, 0.3) is 0 Å². The summed E-state index contributed by atoms with van der Waals surface area (Å²) < 4.78 is 1.63. The van der Waals surface area contributed by atoms with Gasteiger partial charge in [-0.25, -0.2) is 9.55 Å². The number of hydrogen-bond acceptors (Lipinski definition) is 5. The molecule has 0 aromatic carbocycles. The average Bonchev–Trinajstić information content (AvgIpc) is 2.60. The van der Waals surface area contributed by atoms with E-state index in [1.807, 2.05) is 0 Å². The maximum Gasteiger partial charge on any atom is 0.342 e. The summed E-state index contributed by atoms with van der Waals surface area (Å²) >= 11 is 1.75. The highest BCUT2D eigenvalue weighted by atomic mass is 32.2. The molecule has 0 aliphatic rings. The molecule has 16 heavy (non-hydrogen) atoms. The SMILES string of the molecule is Cc1ncc([N+](=O)[O-])n1CCSCCCN. The van der Waals surface area contributed by atoms with E-state index in [-0.39, 0.29) is 5.82 Å². The molecular weight excluding hydrogens is 228 g/mol. The summed E-state index contributed by atoms with van der Waals surface area (Å²) in [7, 11) is 0. The number of hydrogen-bond donors (Lipinski definition) is 1. The number of nitrogens with zero attached hydrogens (tertiary/aromatic N) is 3. The van der Waals surface area contributed by atoms with E-state index in [1.54, 1.807) is 23.3 Å². The van der Waals surface area contributed by atoms with Gasteiger partial charge < -0.3 is 15.8 Å². The van der Waals surface area contributed by atoms with Crippen molar-refractivity contribution in [3.63, 3.8) is 0 Å². The van der Waals surface area contributed by atoms with Crippen LogP contribution in [0.1, 0.15) is 12.2 Å². The molecule has 0 unspecified atom stereocenters. The van der Waals surface area contributed by atoms with Crippen LogP contribution in [0.3, 0.4) is 0 Å². The Morgan fingerprint density at radius 3 is 3.00 bits per heavy atom. The van der Waals surface area contributed by atoms with Gasteiger partial charge in [-0.2, -0.15) is 11.8 Å². The van der Waals surface area contributed by atoms with Crippen LogP contribution >= 0.6 is 11.8 Å². The second-order valence-electron chi connectivity index (χ2n) is 3.33. The van der Waals surface area contributed by atoms with Crippen molar-refractivity contribution < 1.29 is 4.92 Å². The molecular formula is C9H16N4O2S. The molecule has 0 radical (unpaired) electrons. The van der Waals surface area contributed by atoms with Gasteiger partial charge in [-0.05, 0) is 23.6 Å². The molecule has 0 spiro atoms. The van der Waals surface area contributed by atoms with E-state index < -0.39 is 4.92 Å². The molecule has 6 nitrogen and oxygen atoms in total. The predicted octanol–water partition coefficient (Wildman–Crippen LogP) is 1.18. The van der Waals surface area contributed by atoms with Gasteiger partial charge in [-0.15, -0.1) is 0 Å². The normalized spacial score (nSPS) is 10.6. The standard InChI is InChI=1S/C9H16N4O2S/c1-8-11-7-9(13(14)15)12(8)4-6-16-5-2-3-10/h7H,2-6,10H2,1H3. The van der Waals surface area contributed by atoms with Crippen molar-refractivity contribution >= 4 is 17.6 Å². The van der Waals surface area contributed by atoms with Gasteiger partial charge in [0, 0.05) is 12.7 Å². The zero-order valence-electron chi connectivity index (χ0n) is 9.26. The van der Waals surface area contributed by atoms with Crippen molar-refractivity contribution in [3.8, 4) is 0 Å². The van der Waals surface area contributed by atoms with Crippen LogP contribution in [0.4, 0.5) is 5.82 Å². The van der Waals surface area contributed by atoms with E-state index in [0.717, 1.165) is 17.9 Å². The Kier molecular flexibility index (Phi) is 5.27. The van der Waals surface area contributed by atoms with Crippen molar-refractivity contribution in [2.45, 2.75) is 19.9 Å². The van der Waals surface area contributed by atoms with Gasteiger partial charge in [0.15, 0.2) is 5.82 Å². The molecule has 1 aromatic heterocycles. The second kappa shape index (κ2) is 6.49. The molecule has 0 bridgehead atoms. The number of thioether (sulfide) groups is 1. The Morgan fingerprint density at radius 1 is 1.62 bits per heavy atom. The fourth-order valence-electron chi connectivity index (χ4n) is 1.32. The molecule has 0 fully saturated rings. The number of imidazole rings is 1. The van der Waals surface area contributed by atoms with Crippen molar-refractivity contribution in [2.75, 3.05) is 18.1 Å². The van der Waals surface area contributed by atoms with Crippen LogP contribution in [0.25, 0.3) is 0 Å². The predicted molar refractivity (Wildman–Crippen MR) is 64.6 cm³/mol. The summed E-state index contributed by atoms with van der Waals surface area (Å²) in [6.07, 6.45) is 2.29. The van der Waals surface area contributed by atoms with E-state index >= 15 is 0 Å². The van der Waals surface area contributed by atoms with Gasteiger partial charge in [-0.1, -0.05) is 0 Å². The number of nitro groups is 1. The van der Waals surface area contributed by atoms with E-state index in [0.29, 0.717) is 18.9 Å². The van der Waals surface area contributed by atoms with E-state index in [1.165, 1.54) is 6.20 Å². The fourth-order valence-corrected chi connectivity index (χ4v) is 2.21. The first-order valence-electron chi connectivity index (χ1n) is 5.11. The second-order valence-corrected chi connectivity index (χ2v) is 4.55. The minimum absolute atomic E-state index is 0.0666. The van der Waals surface area contributed by atoms with Crippen LogP contribution in [0.15, 0.2) is 6.20 Å². The molecule has 7 heteroatoms. The Hall–Kier alpha value is -1.08. The smallest absolute Gasteiger partial charge is 0.342 e. The topological polar surface area (TPSA) is 87.0 Å². The summed E-state index contributed by atoms with van der Waals surface area (Å²) in [6, 6.07) is 0. The summed E-state index contributed by atoms with van der Waals surface area (Å²) in [5.41, 5.74) is 5.38. The summed E-state index contributed by atoms with van der Waals surface area (Å²) in [5.74, 6) is 2.60. The molecule has 1 aromatic rings. The maximum absolute atomic E-state index is 10.7. The Bertz CT molecular complexity index is 353. The molecule has 0 saturated heterocycles. The van der Waals surface area contributed by atoms with Gasteiger partial charge >= 0.3 is 5.82 Å². The van der Waals surface area contributed by atoms with E-state index in [4.69, 9.17) is 5.73 Å². The number of nitrogens with two attached hydrogens (primary N) is 1. The molecule has 0 aliphatic carbocycles. The summed E-state index contributed by atoms with van der Waals surface area (Å²) in [5, 5.41) is 10.7. The Balaban J connectivity index is 2.46. The first-order valence-corrected chi connectivity index (χ1v) is 6.26. The number of aryl methyl sites for hydroxylation is 1. The first-order chi connectivity index (χ1) is 7.66. The van der Waals surface area contributed by atoms with Gasteiger partial charge in [-0.3, -0.25) is 0 Å². The summed E-state index contributed by atoms with van der Waals surface area (Å²) in [6.45, 7) is 3.09. The molecule has 0 saturated carbocycles. The lowest BCUT2D eigenvalue weighted by Crippen LogP contribution is -2.07. The highest BCUT2D eigenvalue weighted by Crippen LogP contribution is 2.14. The third-order valence-corrected chi connectivity index (χ3v) is 3.22. The highest BCUT2D eigenvalue weighted by molar-refractivity contribution is 7.99. The third kappa shape index (κ3) is 3.49.